The van der Waals surface area contributed by atoms with Crippen molar-refractivity contribution in [1.82, 2.24) is 34.4 Å². The first-order valence-corrected chi connectivity index (χ1v) is 18.4. The van der Waals surface area contributed by atoms with E-state index in [1.165, 1.54) is 11.6 Å². The number of rotatable bonds is 13. The van der Waals surface area contributed by atoms with Crippen LogP contribution in [0.25, 0.3) is 28.1 Å². The number of piperidine rings is 1. The fourth-order valence-corrected chi connectivity index (χ4v) is 8.09. The van der Waals surface area contributed by atoms with Crippen molar-refractivity contribution in [3.63, 3.8) is 0 Å². The lowest BCUT2D eigenvalue weighted by Gasteiger charge is -2.27. The number of aromatic nitrogens is 5. The van der Waals surface area contributed by atoms with Gasteiger partial charge in [0, 0.05) is 53.8 Å². The lowest BCUT2D eigenvalue weighted by Crippen LogP contribution is -2.47. The van der Waals surface area contributed by atoms with Crippen LogP contribution in [-0.2, 0) is 26.2 Å². The first kappa shape index (κ1) is 35.2. The molecule has 0 spiro atoms. The Bertz CT molecular complexity index is 2150. The van der Waals surface area contributed by atoms with Gasteiger partial charge in [0.2, 0.25) is 21.8 Å². The number of benzene rings is 1. The molecule has 1 unspecified atom stereocenters. The predicted molar refractivity (Wildman–Crippen MR) is 193 cm³/mol. The number of Topliss-reactive ketones (excluding diaryl/α,β-unsaturated/α-hetero) is 1. The molecular weight excluding hydrogens is 724 g/mol. The number of halogens is 1. The van der Waals surface area contributed by atoms with Gasteiger partial charge in [-0.2, -0.15) is 5.10 Å². The Hall–Kier alpha value is -4.60. The molecule has 4 heterocycles. The number of aryl methyl sites for hydroxylation is 1. The number of hydrogen-bond acceptors (Lipinski definition) is 9. The van der Waals surface area contributed by atoms with Gasteiger partial charge in [-0.25, -0.2) is 28.1 Å². The fraction of sp³-hybridized carbons (Fsp3) is 0.343. The zero-order chi connectivity index (χ0) is 36.0. The Morgan fingerprint density at radius 1 is 1.12 bits per heavy atom. The third kappa shape index (κ3) is 6.76. The average molecular weight is 762 g/mol. The lowest BCUT2D eigenvalue weighted by atomic mass is 9.99. The molecule has 4 aromatic rings. The molecule has 15 heteroatoms. The number of fused-ring (bicyclic) bond motifs is 2. The summed E-state index contributed by atoms with van der Waals surface area (Å²) in [5.41, 5.74) is 2.29. The molecule has 2 amide bonds. The number of carbonyl (C=O) groups excluding carboxylic acids is 3. The molecule has 1 saturated carbocycles. The van der Waals surface area contributed by atoms with E-state index in [0.29, 0.717) is 33.3 Å². The van der Waals surface area contributed by atoms with E-state index in [2.05, 4.69) is 59.2 Å². The standard InChI is InChI=1S/C35H37BrN8O5S/c1-6-8-20(3)50(48,49)39-19-35-14-28(34(47)41-33-23(7-2)10-12-30(36)40-33)44(29(35)15-35)31(46)18-43-27-11-9-24(25-16-37-22(5)38-17-25)13-26(27)32(42-43)21(4)45/h6-7,9-13,16-17,20,28-29,39H,1-2,8,14-15,18-19H2,3-5H3,(H,40,41,47)/t20?,28-,29+,35-/m0/s1. The normalized spacial score (nSPS) is 20.3. The van der Waals surface area contributed by atoms with E-state index in [9.17, 15) is 22.8 Å². The summed E-state index contributed by atoms with van der Waals surface area (Å²) in [4.78, 5) is 55.4. The number of amides is 2. The van der Waals surface area contributed by atoms with Gasteiger partial charge in [-0.3, -0.25) is 19.1 Å². The highest BCUT2D eigenvalue weighted by Crippen LogP contribution is 2.59. The Kier molecular flexibility index (Phi) is 9.59. The molecule has 1 aliphatic heterocycles. The second kappa shape index (κ2) is 13.6. The minimum atomic E-state index is -3.67. The van der Waals surface area contributed by atoms with Crippen LogP contribution in [0.2, 0.25) is 0 Å². The van der Waals surface area contributed by atoms with Crippen molar-refractivity contribution in [3.8, 4) is 11.1 Å². The maximum absolute atomic E-state index is 14.3. The van der Waals surface area contributed by atoms with Crippen LogP contribution >= 0.6 is 15.9 Å². The Morgan fingerprint density at radius 3 is 2.54 bits per heavy atom. The van der Waals surface area contributed by atoms with Crippen LogP contribution in [0.15, 0.2) is 66.6 Å². The molecule has 13 nitrogen and oxygen atoms in total. The predicted octanol–water partition coefficient (Wildman–Crippen LogP) is 4.69. The van der Waals surface area contributed by atoms with Gasteiger partial charge >= 0.3 is 0 Å². The number of pyridine rings is 1. The number of ketones is 1. The van der Waals surface area contributed by atoms with Crippen molar-refractivity contribution >= 4 is 66.3 Å². The molecule has 260 valence electrons. The van der Waals surface area contributed by atoms with Gasteiger partial charge in [-0.05, 0) is 78.9 Å². The van der Waals surface area contributed by atoms with Crippen LogP contribution < -0.4 is 10.0 Å². The summed E-state index contributed by atoms with van der Waals surface area (Å²) in [6.45, 7) is 12.1. The van der Waals surface area contributed by atoms with Crippen molar-refractivity contribution in [2.24, 2.45) is 5.41 Å². The molecule has 6 rings (SSSR count). The molecule has 2 N–H and O–H groups in total. The zero-order valence-corrected chi connectivity index (χ0v) is 30.3. The number of sulfonamides is 1. The van der Waals surface area contributed by atoms with Crippen LogP contribution in [0.1, 0.15) is 55.0 Å². The van der Waals surface area contributed by atoms with E-state index < -0.39 is 32.6 Å². The highest BCUT2D eigenvalue weighted by atomic mass is 79.9. The number of carbonyl (C=O) groups is 3. The van der Waals surface area contributed by atoms with Crippen LogP contribution in [-0.4, -0.2) is 79.5 Å². The Morgan fingerprint density at radius 2 is 1.86 bits per heavy atom. The molecule has 4 atom stereocenters. The summed E-state index contributed by atoms with van der Waals surface area (Å²) in [5.74, 6) is -0.205. The van der Waals surface area contributed by atoms with Crippen molar-refractivity contribution in [1.29, 1.82) is 0 Å². The van der Waals surface area contributed by atoms with Gasteiger partial charge < -0.3 is 10.2 Å². The molecule has 1 aromatic carbocycles. The lowest BCUT2D eigenvalue weighted by molar-refractivity contribution is -0.138. The maximum atomic E-state index is 14.3. The number of allylic oxidation sites excluding steroid dienone is 1. The largest absolute Gasteiger partial charge is 0.325 e. The summed E-state index contributed by atoms with van der Waals surface area (Å²) in [6.07, 6.45) is 7.57. The highest BCUT2D eigenvalue weighted by Gasteiger charge is 2.67. The number of nitrogens with one attached hydrogen (secondary N) is 2. The number of nitrogens with zero attached hydrogens (tertiary/aromatic N) is 6. The van der Waals surface area contributed by atoms with Crippen LogP contribution in [0.4, 0.5) is 5.82 Å². The van der Waals surface area contributed by atoms with E-state index in [0.717, 1.165) is 11.1 Å². The summed E-state index contributed by atoms with van der Waals surface area (Å²) < 4.78 is 30.7. The average Bonchev–Trinajstić information content (AvgIpc) is 3.50. The van der Waals surface area contributed by atoms with Gasteiger partial charge in [-0.15, -0.1) is 6.58 Å². The maximum Gasteiger partial charge on any atom is 0.248 e. The van der Waals surface area contributed by atoms with E-state index >= 15 is 0 Å². The van der Waals surface area contributed by atoms with E-state index in [4.69, 9.17) is 0 Å². The van der Waals surface area contributed by atoms with Crippen LogP contribution in [0.5, 0.6) is 0 Å². The molecule has 0 bridgehead atoms. The fourth-order valence-electron chi connectivity index (χ4n) is 6.62. The van der Waals surface area contributed by atoms with E-state index in [1.807, 2.05) is 12.1 Å². The van der Waals surface area contributed by atoms with Crippen molar-refractivity contribution in [3.05, 3.63) is 83.6 Å². The first-order chi connectivity index (χ1) is 23.8. The van der Waals surface area contributed by atoms with Crippen molar-refractivity contribution < 1.29 is 22.8 Å². The SMILES string of the molecule is C=CCC(C)S(=O)(=O)NC[C@@]12C[C@@H](C(=O)Nc3nc(Br)ccc3C=C)N(C(=O)Cn3nc(C(C)=O)c4cc(-c5cnc(C)nc5)ccc43)[C@@H]1C2. The van der Waals surface area contributed by atoms with Gasteiger partial charge in [0.05, 0.1) is 10.8 Å². The highest BCUT2D eigenvalue weighted by molar-refractivity contribution is 9.10. The first-order valence-electron chi connectivity index (χ1n) is 16.1. The molecule has 2 aliphatic rings. The van der Waals surface area contributed by atoms with Gasteiger partial charge in [0.25, 0.3) is 0 Å². The van der Waals surface area contributed by atoms with Gasteiger partial charge in [0.15, 0.2) is 5.78 Å². The van der Waals surface area contributed by atoms with Crippen molar-refractivity contribution in [2.75, 3.05) is 11.9 Å². The van der Waals surface area contributed by atoms with Gasteiger partial charge in [0.1, 0.15) is 34.5 Å². The minimum Gasteiger partial charge on any atom is -0.325 e. The summed E-state index contributed by atoms with van der Waals surface area (Å²) >= 11 is 3.34. The number of anilines is 1. The Balaban J connectivity index is 1.31. The monoisotopic (exact) mass is 760 g/mol. The molecule has 0 radical (unpaired) electrons. The summed E-state index contributed by atoms with van der Waals surface area (Å²) in [7, 11) is -3.67. The quantitative estimate of drug-likeness (QED) is 0.112. The Labute approximate surface area is 298 Å². The molecule has 1 aliphatic carbocycles. The van der Waals surface area contributed by atoms with Crippen LogP contribution in [0, 0.1) is 12.3 Å². The molecular formula is C35H37BrN8O5S. The zero-order valence-electron chi connectivity index (χ0n) is 27.9. The molecule has 3 aromatic heterocycles. The molecule has 2 fully saturated rings. The van der Waals surface area contributed by atoms with Crippen LogP contribution in [0.3, 0.4) is 0 Å². The minimum absolute atomic E-state index is 0.0762. The van der Waals surface area contributed by atoms with E-state index in [1.54, 1.807) is 61.5 Å². The summed E-state index contributed by atoms with van der Waals surface area (Å²) in [6, 6.07) is 7.64. The van der Waals surface area contributed by atoms with Crippen molar-refractivity contribution in [2.45, 2.75) is 63.9 Å². The topological polar surface area (TPSA) is 169 Å². The van der Waals surface area contributed by atoms with Gasteiger partial charge in [-0.1, -0.05) is 24.8 Å². The third-order valence-corrected chi connectivity index (χ3v) is 11.7. The second-order valence-corrected chi connectivity index (χ2v) is 15.9. The summed E-state index contributed by atoms with van der Waals surface area (Å²) in [5, 5.41) is 7.29. The number of likely N-dealkylation sites (tertiary alicyclic amines) is 1. The number of hydrogen-bond donors (Lipinski definition) is 2. The third-order valence-electron chi connectivity index (χ3n) is 9.50. The molecule has 1 saturated heterocycles. The van der Waals surface area contributed by atoms with E-state index in [-0.39, 0.29) is 55.2 Å². The second-order valence-electron chi connectivity index (χ2n) is 12.9. The smallest absolute Gasteiger partial charge is 0.248 e. The molecule has 50 heavy (non-hydrogen) atoms.